The van der Waals surface area contributed by atoms with Crippen LogP contribution in [0.2, 0.25) is 0 Å². The van der Waals surface area contributed by atoms with Crippen LogP contribution in [0.4, 0.5) is 0 Å². The number of aromatic nitrogens is 2. The van der Waals surface area contributed by atoms with Crippen LogP contribution in [0.5, 0.6) is 0 Å². The van der Waals surface area contributed by atoms with Crippen LogP contribution in [0.3, 0.4) is 0 Å². The van der Waals surface area contributed by atoms with Gasteiger partial charge in [0, 0.05) is 24.2 Å². The zero-order chi connectivity index (χ0) is 16.0. The lowest BCUT2D eigenvalue weighted by Crippen LogP contribution is -2.42. The third kappa shape index (κ3) is 2.06. The summed E-state index contributed by atoms with van der Waals surface area (Å²) in [6, 6.07) is 8.01. The summed E-state index contributed by atoms with van der Waals surface area (Å²) in [5.41, 5.74) is 2.01. The predicted octanol–water partition coefficient (Wildman–Crippen LogP) is 1.80. The number of sulfonamides is 1. The lowest BCUT2D eigenvalue weighted by atomic mass is 10.0. The van der Waals surface area contributed by atoms with E-state index in [1.165, 1.54) is 18.5 Å². The van der Waals surface area contributed by atoms with Crippen LogP contribution in [0.1, 0.15) is 35.7 Å². The van der Waals surface area contributed by atoms with Gasteiger partial charge in [-0.3, -0.25) is 0 Å². The molecule has 7 heteroatoms. The van der Waals surface area contributed by atoms with E-state index in [0.717, 1.165) is 24.1 Å². The zero-order valence-corrected chi connectivity index (χ0v) is 13.1. The van der Waals surface area contributed by atoms with Gasteiger partial charge in [0.1, 0.15) is 12.4 Å². The van der Waals surface area contributed by atoms with Crippen molar-refractivity contribution in [3.8, 4) is 6.07 Å². The number of fused-ring (bicyclic) bond motifs is 4. The molecule has 1 aromatic carbocycles. The molecule has 0 aliphatic carbocycles. The van der Waals surface area contributed by atoms with Gasteiger partial charge in [-0.15, -0.1) is 0 Å². The molecule has 3 heterocycles. The topological polar surface area (TPSA) is 87.0 Å². The summed E-state index contributed by atoms with van der Waals surface area (Å²) < 4.78 is 27.9. The maximum Gasteiger partial charge on any atom is 0.245 e. The zero-order valence-electron chi connectivity index (χ0n) is 12.3. The fourth-order valence-electron chi connectivity index (χ4n) is 3.64. The van der Waals surface area contributed by atoms with Crippen molar-refractivity contribution in [2.24, 2.45) is 0 Å². The fourth-order valence-corrected chi connectivity index (χ4v) is 5.64. The second-order valence-corrected chi connectivity index (χ2v) is 7.63. The molecule has 1 saturated heterocycles. The maximum atomic E-state index is 13.2. The molecule has 0 N–H and O–H groups in total. The molecule has 2 unspecified atom stereocenters. The third-order valence-corrected chi connectivity index (χ3v) is 6.64. The van der Waals surface area contributed by atoms with Crippen LogP contribution in [0, 0.1) is 11.3 Å². The van der Waals surface area contributed by atoms with E-state index >= 15 is 0 Å². The van der Waals surface area contributed by atoms with Crippen molar-refractivity contribution in [1.82, 2.24) is 14.3 Å². The highest BCUT2D eigenvalue weighted by atomic mass is 32.2. The Morgan fingerprint density at radius 2 is 2.09 bits per heavy atom. The van der Waals surface area contributed by atoms with Crippen LogP contribution < -0.4 is 0 Å². The monoisotopic (exact) mass is 326 g/mol. The van der Waals surface area contributed by atoms with Gasteiger partial charge in [-0.25, -0.2) is 18.4 Å². The first-order valence-electron chi connectivity index (χ1n) is 7.44. The van der Waals surface area contributed by atoms with E-state index in [-0.39, 0.29) is 22.5 Å². The molecule has 1 fully saturated rings. The molecule has 2 aromatic rings. The smallest absolute Gasteiger partial charge is 0.244 e. The molecule has 0 amide bonds. The normalized spacial score (nSPS) is 23.3. The van der Waals surface area contributed by atoms with E-state index < -0.39 is 10.0 Å². The predicted molar refractivity (Wildman–Crippen MR) is 81.7 cm³/mol. The van der Waals surface area contributed by atoms with Gasteiger partial charge in [0.15, 0.2) is 0 Å². The number of benzene rings is 1. The molecule has 1 aromatic heterocycles. The van der Waals surface area contributed by atoms with Crippen molar-refractivity contribution >= 4 is 10.0 Å². The molecular formula is C16H14N4O2S. The highest BCUT2D eigenvalue weighted by molar-refractivity contribution is 7.89. The molecular weight excluding hydrogens is 312 g/mol. The quantitative estimate of drug-likeness (QED) is 0.840. The molecule has 2 aliphatic rings. The Labute approximate surface area is 134 Å². The van der Waals surface area contributed by atoms with Gasteiger partial charge in [-0.05, 0) is 25.0 Å². The molecule has 4 rings (SSSR count). The molecule has 2 atom stereocenters. The third-order valence-electron chi connectivity index (χ3n) is 4.62. The average Bonchev–Trinajstić information content (AvgIpc) is 2.91. The Hall–Kier alpha value is -2.30. The van der Waals surface area contributed by atoms with Crippen molar-refractivity contribution in [3.05, 3.63) is 53.6 Å². The summed E-state index contributed by atoms with van der Waals surface area (Å²) >= 11 is 0. The van der Waals surface area contributed by atoms with Crippen molar-refractivity contribution in [3.63, 3.8) is 0 Å². The van der Waals surface area contributed by atoms with Crippen molar-refractivity contribution in [1.29, 1.82) is 5.26 Å². The van der Waals surface area contributed by atoms with Crippen LogP contribution >= 0.6 is 0 Å². The van der Waals surface area contributed by atoms with Gasteiger partial charge in [0.25, 0.3) is 0 Å². The first kappa shape index (κ1) is 14.3. The highest BCUT2D eigenvalue weighted by Crippen LogP contribution is 2.46. The summed E-state index contributed by atoms with van der Waals surface area (Å²) in [6.07, 6.45) is 5.39. The Kier molecular flexibility index (Phi) is 3.18. The Bertz CT molecular complexity index is 920. The molecule has 0 radical (unpaired) electrons. The second kappa shape index (κ2) is 5.11. The van der Waals surface area contributed by atoms with E-state index in [0.29, 0.717) is 6.42 Å². The van der Waals surface area contributed by atoms with E-state index in [4.69, 9.17) is 0 Å². The largest absolute Gasteiger partial charge is 0.245 e. The maximum absolute atomic E-state index is 13.2. The molecule has 0 saturated carbocycles. The minimum absolute atomic E-state index is 0.0831. The minimum atomic E-state index is -3.73. The van der Waals surface area contributed by atoms with E-state index in [2.05, 4.69) is 9.97 Å². The van der Waals surface area contributed by atoms with Gasteiger partial charge in [0.05, 0.1) is 22.2 Å². The Morgan fingerprint density at radius 3 is 2.91 bits per heavy atom. The molecule has 116 valence electrons. The van der Waals surface area contributed by atoms with Gasteiger partial charge >= 0.3 is 0 Å². The van der Waals surface area contributed by atoms with Gasteiger partial charge in [0.2, 0.25) is 10.0 Å². The van der Waals surface area contributed by atoms with Crippen LogP contribution in [-0.2, 0) is 16.4 Å². The summed E-state index contributed by atoms with van der Waals surface area (Å²) in [7, 11) is -3.73. The number of hydrogen-bond donors (Lipinski definition) is 0. The summed E-state index contributed by atoms with van der Waals surface area (Å²) in [5, 5.41) is 9.23. The standard InChI is InChI=1S/C16H14N4O2S/c17-8-11-3-1-2-4-16(11)23(21,22)20-12-5-6-15(20)13-9-18-10-19-14(13)7-12/h1-4,9-10,12,15H,5-7H2. The number of hydrogen-bond acceptors (Lipinski definition) is 5. The Balaban J connectivity index is 1.84. The molecule has 6 nitrogen and oxygen atoms in total. The number of rotatable bonds is 2. The second-order valence-electron chi connectivity index (χ2n) is 5.82. The van der Waals surface area contributed by atoms with Gasteiger partial charge in [-0.1, -0.05) is 12.1 Å². The molecule has 2 bridgehead atoms. The highest BCUT2D eigenvalue weighted by Gasteiger charge is 2.47. The SMILES string of the molecule is N#Cc1ccccc1S(=O)(=O)N1C2CCC1c1cncnc1C2. The first-order chi connectivity index (χ1) is 11.1. The first-order valence-corrected chi connectivity index (χ1v) is 8.88. The fraction of sp³-hybridized carbons (Fsp3) is 0.312. The van der Waals surface area contributed by atoms with E-state index in [1.54, 1.807) is 22.6 Å². The van der Waals surface area contributed by atoms with Crippen LogP contribution in [0.15, 0.2) is 41.7 Å². The number of nitrogens with zero attached hydrogens (tertiary/aromatic N) is 4. The number of nitriles is 1. The van der Waals surface area contributed by atoms with Gasteiger partial charge in [-0.2, -0.15) is 9.57 Å². The van der Waals surface area contributed by atoms with E-state index in [1.807, 2.05) is 6.07 Å². The Morgan fingerprint density at radius 1 is 1.26 bits per heavy atom. The minimum Gasteiger partial charge on any atom is -0.244 e. The lowest BCUT2D eigenvalue weighted by molar-refractivity contribution is 0.300. The summed E-state index contributed by atoms with van der Waals surface area (Å²) in [5.74, 6) is 0. The van der Waals surface area contributed by atoms with Crippen LogP contribution in [0.25, 0.3) is 0 Å². The summed E-state index contributed by atoms with van der Waals surface area (Å²) in [6.45, 7) is 0. The van der Waals surface area contributed by atoms with Crippen LogP contribution in [-0.4, -0.2) is 28.7 Å². The van der Waals surface area contributed by atoms with E-state index in [9.17, 15) is 13.7 Å². The molecule has 2 aliphatic heterocycles. The lowest BCUT2D eigenvalue weighted by Gasteiger charge is -2.34. The van der Waals surface area contributed by atoms with Crippen molar-refractivity contribution in [2.75, 3.05) is 0 Å². The molecule has 0 spiro atoms. The van der Waals surface area contributed by atoms with Crippen molar-refractivity contribution in [2.45, 2.75) is 36.2 Å². The average molecular weight is 326 g/mol. The molecule has 23 heavy (non-hydrogen) atoms. The summed E-state index contributed by atoms with van der Waals surface area (Å²) in [4.78, 5) is 8.43. The van der Waals surface area contributed by atoms with Crippen molar-refractivity contribution < 1.29 is 8.42 Å². The van der Waals surface area contributed by atoms with Gasteiger partial charge < -0.3 is 0 Å².